The van der Waals surface area contributed by atoms with Crippen molar-refractivity contribution in [1.29, 1.82) is 0 Å². The molecule has 3 nitrogen and oxygen atoms in total. The number of hydrogen-bond donors (Lipinski definition) is 0. The molecule has 1 heterocycles. The van der Waals surface area contributed by atoms with Crippen molar-refractivity contribution < 1.29 is 14.3 Å². The fourth-order valence-electron chi connectivity index (χ4n) is 4.10. The number of halogens is 1. The van der Waals surface area contributed by atoms with Crippen LogP contribution in [0.1, 0.15) is 25.5 Å². The van der Waals surface area contributed by atoms with Gasteiger partial charge in [0, 0.05) is 11.8 Å². The largest absolute Gasteiger partial charge is 0.464 e. The lowest BCUT2D eigenvalue weighted by atomic mass is 9.64. The molecule has 1 aliphatic carbocycles. The Morgan fingerprint density at radius 3 is 2.78 bits per heavy atom. The Balaban J connectivity index is 1.88. The molecule has 0 saturated carbocycles. The number of carbonyl (C=O) groups is 1. The Morgan fingerprint density at radius 1 is 1.35 bits per heavy atom. The van der Waals surface area contributed by atoms with Crippen molar-refractivity contribution in [3.63, 3.8) is 0 Å². The Hall–Kier alpha value is -1.32. The van der Waals surface area contributed by atoms with Gasteiger partial charge in [0.2, 0.25) is 0 Å². The zero-order valence-corrected chi connectivity index (χ0v) is 14.3. The Labute approximate surface area is 142 Å². The summed E-state index contributed by atoms with van der Waals surface area (Å²) in [5.41, 5.74) is 2.51. The third-order valence-electron chi connectivity index (χ3n) is 5.21. The molecule has 124 valence electrons. The topological polar surface area (TPSA) is 35.5 Å². The van der Waals surface area contributed by atoms with Gasteiger partial charge in [0.05, 0.1) is 19.3 Å². The van der Waals surface area contributed by atoms with Gasteiger partial charge in [-0.25, -0.2) is 0 Å². The lowest BCUT2D eigenvalue weighted by Crippen LogP contribution is -2.46. The number of alkyl halides is 1. The molecule has 0 unspecified atom stereocenters. The number of fused-ring (bicyclic) bond motifs is 2. The van der Waals surface area contributed by atoms with Crippen LogP contribution in [0, 0.1) is 23.7 Å². The molecule has 0 amide bonds. The molecule has 0 spiro atoms. The summed E-state index contributed by atoms with van der Waals surface area (Å²) < 4.78 is 11.6. The lowest BCUT2D eigenvalue weighted by molar-refractivity contribution is -0.152. The van der Waals surface area contributed by atoms with Gasteiger partial charge in [-0.2, -0.15) is 0 Å². The van der Waals surface area contributed by atoms with E-state index in [0.717, 1.165) is 0 Å². The normalized spacial score (nSPS) is 33.0. The minimum absolute atomic E-state index is 0.0240. The fourth-order valence-corrected chi connectivity index (χ4v) is 4.18. The van der Waals surface area contributed by atoms with E-state index in [1.165, 1.54) is 11.1 Å². The number of ether oxygens (including phenoxy) is 2. The van der Waals surface area contributed by atoms with Gasteiger partial charge in [-0.05, 0) is 24.3 Å². The summed E-state index contributed by atoms with van der Waals surface area (Å²) in [6.45, 7) is 5.50. The van der Waals surface area contributed by atoms with Gasteiger partial charge in [0.1, 0.15) is 5.88 Å². The first-order chi connectivity index (χ1) is 11.1. The monoisotopic (exact) mass is 334 g/mol. The van der Waals surface area contributed by atoms with Crippen LogP contribution < -0.4 is 0 Å². The van der Waals surface area contributed by atoms with Gasteiger partial charge in [-0.15, -0.1) is 11.6 Å². The van der Waals surface area contributed by atoms with Gasteiger partial charge in [-0.1, -0.05) is 48.9 Å². The molecule has 1 saturated heterocycles. The van der Waals surface area contributed by atoms with E-state index < -0.39 is 0 Å². The van der Waals surface area contributed by atoms with Crippen LogP contribution in [0.3, 0.4) is 0 Å². The lowest BCUT2D eigenvalue weighted by Gasteiger charge is -2.48. The molecule has 2 aliphatic rings. The van der Waals surface area contributed by atoms with E-state index in [-0.39, 0.29) is 29.8 Å². The Morgan fingerprint density at radius 2 is 2.09 bits per heavy atom. The molecule has 4 heteroatoms. The van der Waals surface area contributed by atoms with Crippen molar-refractivity contribution in [3.05, 3.63) is 47.5 Å². The van der Waals surface area contributed by atoms with Gasteiger partial charge < -0.3 is 9.47 Å². The highest BCUT2D eigenvalue weighted by Gasteiger charge is 2.46. The summed E-state index contributed by atoms with van der Waals surface area (Å²) in [5.74, 6) is 0.901. The minimum atomic E-state index is -0.346. The molecule has 1 aromatic carbocycles. The Bertz CT molecular complexity index is 584. The third-order valence-corrected chi connectivity index (χ3v) is 5.42. The SMILES string of the molecule is CC1=C[C@H](C)[C@@H]2CO[C@H](c3ccccc3)[C@H]1[C@H]2COC(=O)CCl. The molecule has 5 atom stereocenters. The molecule has 0 radical (unpaired) electrons. The maximum atomic E-state index is 11.5. The standard InChI is InChI=1S/C19H23ClO3/c1-12-8-13(2)18-16(11-22-17(21)9-20)15(12)10-23-19(18)14-6-4-3-5-7-14/h3-8,12,15-16,18-19H,9-11H2,1-2H3/t12-,15-,16-,18+,19+/m0/s1. The smallest absolute Gasteiger partial charge is 0.320 e. The predicted molar refractivity (Wildman–Crippen MR) is 90.2 cm³/mol. The molecule has 23 heavy (non-hydrogen) atoms. The molecule has 0 aromatic heterocycles. The van der Waals surface area contributed by atoms with Crippen LogP contribution in [-0.4, -0.2) is 25.1 Å². The maximum absolute atomic E-state index is 11.5. The predicted octanol–water partition coefficient (Wildman–Crippen LogP) is 3.98. The number of esters is 1. The van der Waals surface area contributed by atoms with E-state index in [1.54, 1.807) is 0 Å². The van der Waals surface area contributed by atoms with E-state index in [4.69, 9.17) is 21.1 Å². The second kappa shape index (κ2) is 7.06. The van der Waals surface area contributed by atoms with Crippen molar-refractivity contribution in [1.82, 2.24) is 0 Å². The van der Waals surface area contributed by atoms with Gasteiger partial charge in [0.15, 0.2) is 0 Å². The number of hydrogen-bond acceptors (Lipinski definition) is 3. The summed E-state index contributed by atoms with van der Waals surface area (Å²) >= 11 is 5.56. The van der Waals surface area contributed by atoms with Crippen molar-refractivity contribution in [2.24, 2.45) is 23.7 Å². The van der Waals surface area contributed by atoms with Crippen LogP contribution in [0.15, 0.2) is 42.0 Å². The molecule has 1 aliphatic heterocycles. The maximum Gasteiger partial charge on any atom is 0.320 e. The molecule has 1 fully saturated rings. The molecular weight excluding hydrogens is 312 g/mol. The van der Waals surface area contributed by atoms with Gasteiger partial charge in [-0.3, -0.25) is 4.79 Å². The van der Waals surface area contributed by atoms with E-state index in [9.17, 15) is 4.79 Å². The van der Waals surface area contributed by atoms with E-state index in [2.05, 4.69) is 32.1 Å². The number of benzene rings is 1. The van der Waals surface area contributed by atoms with Crippen LogP contribution in [0.2, 0.25) is 0 Å². The zero-order valence-electron chi connectivity index (χ0n) is 13.6. The first-order valence-corrected chi connectivity index (χ1v) is 8.71. The first kappa shape index (κ1) is 16.5. The molecule has 2 bridgehead atoms. The van der Waals surface area contributed by atoms with Crippen LogP contribution >= 0.6 is 11.6 Å². The number of rotatable bonds is 4. The minimum Gasteiger partial charge on any atom is -0.464 e. The zero-order chi connectivity index (χ0) is 16.4. The van der Waals surface area contributed by atoms with Crippen LogP contribution in [0.4, 0.5) is 0 Å². The average molecular weight is 335 g/mol. The van der Waals surface area contributed by atoms with Crippen molar-refractivity contribution in [3.8, 4) is 0 Å². The molecule has 0 N–H and O–H groups in total. The van der Waals surface area contributed by atoms with Crippen molar-refractivity contribution in [2.75, 3.05) is 19.1 Å². The van der Waals surface area contributed by atoms with Crippen LogP contribution in [0.25, 0.3) is 0 Å². The van der Waals surface area contributed by atoms with E-state index >= 15 is 0 Å². The number of allylic oxidation sites excluding steroid dienone is 1. The summed E-state index contributed by atoms with van der Waals surface area (Å²) in [6, 6.07) is 10.3. The molecule has 1 aromatic rings. The molecular formula is C19H23ClO3. The second-order valence-electron chi connectivity index (χ2n) is 6.60. The second-order valence-corrected chi connectivity index (χ2v) is 6.87. The highest BCUT2D eigenvalue weighted by Crippen LogP contribution is 2.49. The summed E-state index contributed by atoms with van der Waals surface area (Å²) in [7, 11) is 0. The average Bonchev–Trinajstić information content (AvgIpc) is 2.58. The van der Waals surface area contributed by atoms with Crippen molar-refractivity contribution >= 4 is 17.6 Å². The van der Waals surface area contributed by atoms with Crippen LogP contribution in [-0.2, 0) is 14.3 Å². The van der Waals surface area contributed by atoms with E-state index in [1.807, 2.05) is 18.2 Å². The summed E-state index contributed by atoms with van der Waals surface area (Å²) in [5, 5.41) is 0. The fraction of sp³-hybridized carbons (Fsp3) is 0.526. The third kappa shape index (κ3) is 3.31. The quantitative estimate of drug-likeness (QED) is 0.474. The number of carbonyl (C=O) groups excluding carboxylic acids is 1. The van der Waals surface area contributed by atoms with Gasteiger partial charge >= 0.3 is 5.97 Å². The first-order valence-electron chi connectivity index (χ1n) is 8.18. The summed E-state index contributed by atoms with van der Waals surface area (Å²) in [4.78, 5) is 11.5. The highest BCUT2D eigenvalue weighted by atomic mass is 35.5. The van der Waals surface area contributed by atoms with Gasteiger partial charge in [0.25, 0.3) is 0 Å². The molecule has 3 rings (SSSR count). The van der Waals surface area contributed by atoms with Crippen LogP contribution in [0.5, 0.6) is 0 Å². The highest BCUT2D eigenvalue weighted by molar-refractivity contribution is 6.26. The Kier molecular flexibility index (Phi) is 5.08. The summed E-state index contributed by atoms with van der Waals surface area (Å²) in [6.07, 6.45) is 2.38. The van der Waals surface area contributed by atoms with E-state index in [0.29, 0.717) is 25.0 Å². The van der Waals surface area contributed by atoms with Crippen molar-refractivity contribution in [2.45, 2.75) is 20.0 Å².